The van der Waals surface area contributed by atoms with Crippen molar-refractivity contribution < 1.29 is 27.6 Å². The van der Waals surface area contributed by atoms with Crippen LogP contribution in [0.3, 0.4) is 0 Å². The van der Waals surface area contributed by atoms with Crippen LogP contribution >= 0.6 is 11.6 Å². The lowest BCUT2D eigenvalue weighted by atomic mass is 9.92. The molecular weight excluding hydrogens is 475 g/mol. The van der Waals surface area contributed by atoms with E-state index in [4.69, 9.17) is 11.6 Å². The molecule has 0 aliphatic carbocycles. The highest BCUT2D eigenvalue weighted by Gasteiger charge is 2.50. The van der Waals surface area contributed by atoms with Crippen molar-refractivity contribution in [1.29, 1.82) is 0 Å². The van der Waals surface area contributed by atoms with Gasteiger partial charge in [0.05, 0.1) is 10.6 Å². The Labute approximate surface area is 198 Å². The minimum atomic E-state index is -4.55. The van der Waals surface area contributed by atoms with E-state index in [1.165, 1.54) is 0 Å². The third-order valence-electron chi connectivity index (χ3n) is 6.08. The van der Waals surface area contributed by atoms with Gasteiger partial charge in [0.15, 0.2) is 0 Å². The van der Waals surface area contributed by atoms with Crippen LogP contribution in [-0.2, 0) is 21.3 Å². The van der Waals surface area contributed by atoms with Gasteiger partial charge in [-0.05, 0) is 31.4 Å². The number of halogens is 4. The number of anilines is 1. The Morgan fingerprint density at radius 3 is 2.44 bits per heavy atom. The zero-order valence-corrected chi connectivity index (χ0v) is 18.8. The summed E-state index contributed by atoms with van der Waals surface area (Å²) in [7, 11) is 0. The van der Waals surface area contributed by atoms with E-state index in [0.717, 1.165) is 12.3 Å². The van der Waals surface area contributed by atoms with Crippen LogP contribution in [0.15, 0.2) is 42.6 Å². The zero-order valence-electron chi connectivity index (χ0n) is 18.0. The first-order valence-electron chi connectivity index (χ1n) is 10.5. The monoisotopic (exact) mass is 495 g/mol. The number of hydrogen-bond acceptors (Lipinski definition) is 5. The van der Waals surface area contributed by atoms with Gasteiger partial charge in [-0.15, -0.1) is 0 Å². The number of rotatable bonds is 4. The van der Waals surface area contributed by atoms with Crippen LogP contribution in [0.2, 0.25) is 5.02 Å². The Morgan fingerprint density at radius 2 is 1.85 bits per heavy atom. The molecule has 0 spiro atoms. The minimum absolute atomic E-state index is 0.128. The van der Waals surface area contributed by atoms with E-state index in [-0.39, 0.29) is 10.8 Å². The summed E-state index contributed by atoms with van der Waals surface area (Å²) in [4.78, 5) is 43.7. The number of urea groups is 1. The van der Waals surface area contributed by atoms with Gasteiger partial charge in [0.1, 0.15) is 11.4 Å². The van der Waals surface area contributed by atoms with Crippen molar-refractivity contribution in [2.75, 3.05) is 18.0 Å². The molecule has 1 aromatic heterocycles. The Hall–Kier alpha value is -3.34. The molecule has 2 aliphatic heterocycles. The maximum absolute atomic E-state index is 12.9. The third-order valence-corrected chi connectivity index (χ3v) is 6.36. The molecule has 2 aliphatic rings. The summed E-state index contributed by atoms with van der Waals surface area (Å²) in [5.74, 6) is -1.39. The fourth-order valence-electron chi connectivity index (χ4n) is 4.08. The maximum Gasteiger partial charge on any atom is 0.417 e. The normalized spacial score (nSPS) is 21.6. The summed E-state index contributed by atoms with van der Waals surface area (Å²) in [6.45, 7) is 2.20. The fraction of sp³-hybridized carbons (Fsp3) is 0.364. The van der Waals surface area contributed by atoms with Crippen molar-refractivity contribution >= 4 is 35.3 Å². The number of amides is 4. The average Bonchev–Trinajstić information content (AvgIpc) is 3.03. The molecule has 1 atom stereocenters. The van der Waals surface area contributed by atoms with Crippen molar-refractivity contribution in [3.8, 4) is 0 Å². The number of piperidine rings is 1. The van der Waals surface area contributed by atoms with Gasteiger partial charge in [-0.2, -0.15) is 18.2 Å². The molecule has 180 valence electrons. The first-order valence-corrected chi connectivity index (χ1v) is 10.9. The Kier molecular flexibility index (Phi) is 6.15. The molecule has 34 heavy (non-hydrogen) atoms. The first kappa shape index (κ1) is 23.8. The van der Waals surface area contributed by atoms with Gasteiger partial charge in [0, 0.05) is 25.2 Å². The summed E-state index contributed by atoms with van der Waals surface area (Å²) >= 11 is 6.02. The molecular formula is C22H21ClF3N5O3. The van der Waals surface area contributed by atoms with Crippen molar-refractivity contribution in [3.05, 3.63) is 58.7 Å². The number of benzene rings is 1. The second-order valence-electron chi connectivity index (χ2n) is 8.33. The minimum Gasteiger partial charge on any atom is -0.355 e. The van der Waals surface area contributed by atoms with E-state index in [1.807, 2.05) is 0 Å². The van der Waals surface area contributed by atoms with E-state index < -0.39 is 41.0 Å². The Balaban J connectivity index is 1.38. The lowest BCUT2D eigenvalue weighted by molar-refractivity contribution is -0.140. The molecule has 0 saturated carbocycles. The largest absolute Gasteiger partial charge is 0.417 e. The van der Waals surface area contributed by atoms with Crippen LogP contribution in [0.4, 0.5) is 23.8 Å². The summed E-state index contributed by atoms with van der Waals surface area (Å²) < 4.78 is 38.5. The summed E-state index contributed by atoms with van der Waals surface area (Å²) in [5, 5.41) is 3.18. The number of alkyl halides is 3. The van der Waals surface area contributed by atoms with E-state index in [2.05, 4.69) is 15.7 Å². The highest BCUT2D eigenvalue weighted by Crippen LogP contribution is 2.35. The zero-order chi connectivity index (χ0) is 24.7. The molecule has 4 amide bonds. The predicted molar refractivity (Wildman–Crippen MR) is 117 cm³/mol. The molecule has 3 heterocycles. The molecule has 0 radical (unpaired) electrons. The molecule has 0 unspecified atom stereocenters. The van der Waals surface area contributed by atoms with Crippen LogP contribution in [0, 0.1) is 5.92 Å². The SMILES string of the molecule is C[C@]1(c2ccccc2)NC(=O)N(NC(=O)C2CCN(c3ncc(C(F)(F)F)cc3Cl)CC2)C1=O. The van der Waals surface area contributed by atoms with Gasteiger partial charge in [-0.3, -0.25) is 15.0 Å². The van der Waals surface area contributed by atoms with Crippen LogP contribution < -0.4 is 15.6 Å². The van der Waals surface area contributed by atoms with Gasteiger partial charge in [0.25, 0.3) is 5.91 Å². The molecule has 4 rings (SSSR count). The standard InChI is InChI=1S/C22H21ClF3N5O3/c1-21(14-5-3-2-4-6-14)19(33)31(20(34)28-21)29-18(32)13-7-9-30(10-8-13)17-16(23)11-15(12-27-17)22(24,25)26/h2-6,11-13H,7-10H2,1H3,(H,28,34)(H,29,32)/t21-/m1/s1. The van der Waals surface area contributed by atoms with Gasteiger partial charge >= 0.3 is 12.2 Å². The van der Waals surface area contributed by atoms with Gasteiger partial charge in [-0.1, -0.05) is 41.9 Å². The van der Waals surface area contributed by atoms with E-state index in [0.29, 0.717) is 36.5 Å². The number of carbonyl (C=O) groups is 3. The van der Waals surface area contributed by atoms with E-state index >= 15 is 0 Å². The van der Waals surface area contributed by atoms with Crippen molar-refractivity contribution in [3.63, 3.8) is 0 Å². The molecule has 0 bridgehead atoms. The molecule has 12 heteroatoms. The van der Waals surface area contributed by atoms with E-state index in [1.54, 1.807) is 42.2 Å². The lowest BCUT2D eigenvalue weighted by Gasteiger charge is -2.33. The Bertz CT molecular complexity index is 1120. The Morgan fingerprint density at radius 1 is 1.21 bits per heavy atom. The molecule has 2 N–H and O–H groups in total. The molecule has 8 nitrogen and oxygen atoms in total. The number of imide groups is 1. The van der Waals surface area contributed by atoms with Crippen molar-refractivity contribution in [1.82, 2.24) is 20.7 Å². The van der Waals surface area contributed by atoms with Crippen molar-refractivity contribution in [2.45, 2.75) is 31.5 Å². The number of nitrogens with one attached hydrogen (secondary N) is 2. The quantitative estimate of drug-likeness (QED) is 0.633. The number of pyridine rings is 1. The number of aromatic nitrogens is 1. The smallest absolute Gasteiger partial charge is 0.355 e. The molecule has 2 aromatic rings. The highest BCUT2D eigenvalue weighted by atomic mass is 35.5. The summed E-state index contributed by atoms with van der Waals surface area (Å²) in [6.07, 6.45) is -3.15. The van der Waals surface area contributed by atoms with Gasteiger partial charge in [0.2, 0.25) is 5.91 Å². The number of nitrogens with zero attached hydrogens (tertiary/aromatic N) is 3. The predicted octanol–water partition coefficient (Wildman–Crippen LogP) is 3.47. The van der Waals surface area contributed by atoms with E-state index in [9.17, 15) is 27.6 Å². The second kappa shape index (κ2) is 8.79. The second-order valence-corrected chi connectivity index (χ2v) is 8.73. The topological polar surface area (TPSA) is 94.6 Å². The van der Waals surface area contributed by atoms with Crippen LogP contribution in [0.25, 0.3) is 0 Å². The van der Waals surface area contributed by atoms with Crippen molar-refractivity contribution in [2.24, 2.45) is 5.92 Å². The molecule has 2 saturated heterocycles. The fourth-order valence-corrected chi connectivity index (χ4v) is 4.37. The lowest BCUT2D eigenvalue weighted by Crippen LogP contribution is -2.51. The number of hydrogen-bond donors (Lipinski definition) is 2. The van der Waals surface area contributed by atoms with Gasteiger partial charge < -0.3 is 10.2 Å². The average molecular weight is 496 g/mol. The first-order chi connectivity index (χ1) is 16.0. The van der Waals surface area contributed by atoms with Crippen LogP contribution in [0.5, 0.6) is 0 Å². The molecule has 1 aromatic carbocycles. The highest BCUT2D eigenvalue weighted by molar-refractivity contribution is 6.33. The third kappa shape index (κ3) is 4.39. The summed E-state index contributed by atoms with van der Waals surface area (Å²) in [5.41, 5.74) is 0.750. The van der Waals surface area contributed by atoms with Gasteiger partial charge in [-0.25, -0.2) is 9.78 Å². The summed E-state index contributed by atoms with van der Waals surface area (Å²) in [6, 6.07) is 8.78. The van der Waals surface area contributed by atoms with Crippen LogP contribution in [-0.4, -0.2) is 40.9 Å². The number of carbonyl (C=O) groups excluding carboxylic acids is 3. The van der Waals surface area contributed by atoms with Crippen LogP contribution in [0.1, 0.15) is 30.9 Å². The molecule has 2 fully saturated rings. The number of hydrazine groups is 1. The maximum atomic E-state index is 12.9.